The van der Waals surface area contributed by atoms with Gasteiger partial charge in [0.1, 0.15) is 5.75 Å². The largest absolute Gasteiger partial charge is 0.482 e. The Morgan fingerprint density at radius 2 is 1.77 bits per heavy atom. The number of piperazine rings is 1. The number of benzene rings is 2. The fraction of sp³-hybridized carbons (Fsp3) is 0.417. The maximum atomic E-state index is 12.7. The van der Waals surface area contributed by atoms with Gasteiger partial charge in [-0.3, -0.25) is 9.59 Å². The maximum Gasteiger partial charge on any atom is 0.265 e. The van der Waals surface area contributed by atoms with Crippen molar-refractivity contribution in [2.45, 2.75) is 26.7 Å². The number of anilines is 2. The van der Waals surface area contributed by atoms with Gasteiger partial charge in [0.05, 0.1) is 5.69 Å². The van der Waals surface area contributed by atoms with Gasteiger partial charge in [0.15, 0.2) is 6.61 Å². The summed E-state index contributed by atoms with van der Waals surface area (Å²) in [6, 6.07) is 14.2. The van der Waals surface area contributed by atoms with Crippen molar-refractivity contribution in [3.05, 3.63) is 53.6 Å². The quantitative estimate of drug-likeness (QED) is 0.764. The molecule has 0 bridgehead atoms. The highest BCUT2D eigenvalue weighted by atomic mass is 16.5. The lowest BCUT2D eigenvalue weighted by Crippen LogP contribution is -2.49. The highest BCUT2D eigenvalue weighted by Gasteiger charge is 2.26. The van der Waals surface area contributed by atoms with Crippen molar-refractivity contribution in [3.8, 4) is 5.75 Å². The highest BCUT2D eigenvalue weighted by Crippen LogP contribution is 2.33. The van der Waals surface area contributed by atoms with Crippen molar-refractivity contribution in [3.63, 3.8) is 0 Å². The minimum absolute atomic E-state index is 0.0487. The first kappa shape index (κ1) is 20.3. The zero-order valence-corrected chi connectivity index (χ0v) is 17.8. The summed E-state index contributed by atoms with van der Waals surface area (Å²) in [6.07, 6.45) is 1.10. The number of para-hydroxylation sites is 1. The van der Waals surface area contributed by atoms with Gasteiger partial charge in [-0.1, -0.05) is 24.3 Å². The second-order valence-corrected chi connectivity index (χ2v) is 8.06. The first-order valence-electron chi connectivity index (χ1n) is 10.6. The van der Waals surface area contributed by atoms with Crippen LogP contribution in [0.3, 0.4) is 0 Å². The van der Waals surface area contributed by atoms with Crippen molar-refractivity contribution in [2.75, 3.05) is 49.1 Å². The minimum Gasteiger partial charge on any atom is -0.482 e. The third-order valence-electron chi connectivity index (χ3n) is 5.92. The smallest absolute Gasteiger partial charge is 0.265 e. The van der Waals surface area contributed by atoms with E-state index in [-0.39, 0.29) is 18.4 Å². The summed E-state index contributed by atoms with van der Waals surface area (Å²) in [6.45, 7) is 7.91. The summed E-state index contributed by atoms with van der Waals surface area (Å²) >= 11 is 0. The van der Waals surface area contributed by atoms with Gasteiger partial charge in [-0.25, -0.2) is 0 Å². The second kappa shape index (κ2) is 8.78. The normalized spacial score (nSPS) is 16.3. The molecule has 0 unspecified atom stereocenters. The molecule has 6 nitrogen and oxygen atoms in total. The first-order valence-corrected chi connectivity index (χ1v) is 10.6. The second-order valence-electron chi connectivity index (χ2n) is 8.06. The number of amides is 2. The van der Waals surface area contributed by atoms with Crippen LogP contribution in [0, 0.1) is 13.8 Å². The molecule has 0 aromatic heterocycles. The number of carbonyl (C=O) groups is 2. The molecule has 2 aromatic rings. The SMILES string of the molecule is Cc1ccc2c(c1)N(CCCC(=O)N1CCN(c3ccccc3C)CC1)C(=O)CO2. The number of hydrogen-bond donors (Lipinski definition) is 0. The lowest BCUT2D eigenvalue weighted by atomic mass is 10.1. The number of hydrogen-bond acceptors (Lipinski definition) is 4. The third-order valence-corrected chi connectivity index (χ3v) is 5.92. The fourth-order valence-electron chi connectivity index (χ4n) is 4.22. The molecule has 0 spiro atoms. The van der Waals surface area contributed by atoms with Gasteiger partial charge < -0.3 is 19.4 Å². The number of fused-ring (bicyclic) bond motifs is 1. The molecule has 2 aliphatic heterocycles. The predicted molar refractivity (Wildman–Crippen MR) is 118 cm³/mol. The van der Waals surface area contributed by atoms with Crippen molar-refractivity contribution < 1.29 is 14.3 Å². The molecule has 6 heteroatoms. The van der Waals surface area contributed by atoms with Crippen molar-refractivity contribution >= 4 is 23.2 Å². The van der Waals surface area contributed by atoms with Crippen LogP contribution in [0.25, 0.3) is 0 Å². The van der Waals surface area contributed by atoms with E-state index in [1.165, 1.54) is 11.3 Å². The Balaban J connectivity index is 1.29. The molecule has 0 N–H and O–H groups in total. The minimum atomic E-state index is -0.0487. The number of aryl methyl sites for hydroxylation is 2. The Morgan fingerprint density at radius 3 is 2.53 bits per heavy atom. The molecular weight excluding hydrogens is 378 g/mol. The van der Waals surface area contributed by atoms with Gasteiger partial charge in [0, 0.05) is 44.8 Å². The maximum absolute atomic E-state index is 12.7. The van der Waals surface area contributed by atoms with E-state index >= 15 is 0 Å². The van der Waals surface area contributed by atoms with Crippen LogP contribution in [-0.2, 0) is 9.59 Å². The number of carbonyl (C=O) groups excluding carboxylic acids is 2. The molecule has 2 aromatic carbocycles. The van der Waals surface area contributed by atoms with Crippen LogP contribution >= 0.6 is 0 Å². The Kier molecular flexibility index (Phi) is 5.93. The van der Waals surface area contributed by atoms with E-state index in [0.717, 1.165) is 43.2 Å². The van der Waals surface area contributed by atoms with Crippen LogP contribution in [0.1, 0.15) is 24.0 Å². The standard InChI is InChI=1S/C24H29N3O3/c1-18-9-10-22-21(16-18)27(24(29)17-30-22)11-5-8-23(28)26-14-12-25(13-15-26)20-7-4-3-6-19(20)2/h3-4,6-7,9-10,16H,5,8,11-15,17H2,1-2H3. The number of rotatable bonds is 5. The molecule has 4 rings (SSSR count). The number of nitrogens with zero attached hydrogens (tertiary/aromatic N) is 3. The van der Waals surface area contributed by atoms with E-state index < -0.39 is 0 Å². The molecule has 158 valence electrons. The molecule has 2 heterocycles. The molecule has 0 atom stereocenters. The van der Waals surface area contributed by atoms with Crippen molar-refractivity contribution in [1.29, 1.82) is 0 Å². The summed E-state index contributed by atoms with van der Waals surface area (Å²) in [5.74, 6) is 0.857. The van der Waals surface area contributed by atoms with Crippen LogP contribution < -0.4 is 14.5 Å². The average molecular weight is 408 g/mol. The Hall–Kier alpha value is -3.02. The molecule has 2 amide bonds. The summed E-state index contributed by atoms with van der Waals surface area (Å²) in [5.41, 5.74) is 4.41. The lowest BCUT2D eigenvalue weighted by Gasteiger charge is -2.37. The molecule has 30 heavy (non-hydrogen) atoms. The Bertz CT molecular complexity index is 935. The zero-order chi connectivity index (χ0) is 21.1. The molecule has 0 aliphatic carbocycles. The highest BCUT2D eigenvalue weighted by molar-refractivity contribution is 5.98. The van der Waals surface area contributed by atoms with Crippen LogP contribution in [0.15, 0.2) is 42.5 Å². The molecule has 0 saturated carbocycles. The molecule has 1 saturated heterocycles. The van der Waals surface area contributed by atoms with Crippen molar-refractivity contribution in [2.24, 2.45) is 0 Å². The summed E-state index contributed by atoms with van der Waals surface area (Å²) in [7, 11) is 0. The van der Waals surface area contributed by atoms with E-state index in [1.807, 2.05) is 30.0 Å². The third kappa shape index (κ3) is 4.27. The van der Waals surface area contributed by atoms with E-state index in [9.17, 15) is 9.59 Å². The fourth-order valence-corrected chi connectivity index (χ4v) is 4.22. The van der Waals surface area contributed by atoms with E-state index in [4.69, 9.17) is 4.74 Å². The lowest BCUT2D eigenvalue weighted by molar-refractivity contribution is -0.131. The van der Waals surface area contributed by atoms with Crippen LogP contribution in [0.2, 0.25) is 0 Å². The Labute approximate surface area is 178 Å². The molecular formula is C24H29N3O3. The van der Waals surface area contributed by atoms with Gasteiger partial charge in [0.2, 0.25) is 5.91 Å². The molecule has 1 fully saturated rings. The van der Waals surface area contributed by atoms with Gasteiger partial charge in [0.25, 0.3) is 5.91 Å². The van der Waals surface area contributed by atoms with E-state index in [2.05, 4.69) is 36.1 Å². The topological polar surface area (TPSA) is 53.1 Å². The molecule has 0 radical (unpaired) electrons. The van der Waals surface area contributed by atoms with Crippen LogP contribution in [0.5, 0.6) is 5.75 Å². The Morgan fingerprint density at radius 1 is 1.00 bits per heavy atom. The van der Waals surface area contributed by atoms with Gasteiger partial charge in [-0.05, 0) is 49.6 Å². The van der Waals surface area contributed by atoms with Gasteiger partial charge >= 0.3 is 0 Å². The van der Waals surface area contributed by atoms with Crippen LogP contribution in [-0.4, -0.2) is 56.0 Å². The first-order chi connectivity index (χ1) is 14.5. The molecule has 2 aliphatic rings. The number of ether oxygens (including phenoxy) is 1. The zero-order valence-electron chi connectivity index (χ0n) is 17.8. The van der Waals surface area contributed by atoms with Crippen LogP contribution in [0.4, 0.5) is 11.4 Å². The van der Waals surface area contributed by atoms with E-state index in [0.29, 0.717) is 19.4 Å². The summed E-state index contributed by atoms with van der Waals surface area (Å²) in [4.78, 5) is 31.1. The summed E-state index contributed by atoms with van der Waals surface area (Å²) < 4.78 is 5.53. The monoisotopic (exact) mass is 407 g/mol. The van der Waals surface area contributed by atoms with E-state index in [1.54, 1.807) is 4.90 Å². The summed E-state index contributed by atoms with van der Waals surface area (Å²) in [5, 5.41) is 0. The van der Waals surface area contributed by atoms with Crippen molar-refractivity contribution in [1.82, 2.24) is 4.90 Å². The van der Waals surface area contributed by atoms with Gasteiger partial charge in [-0.15, -0.1) is 0 Å². The average Bonchev–Trinajstić information content (AvgIpc) is 2.75. The predicted octanol–water partition coefficient (Wildman–Crippen LogP) is 3.16. The van der Waals surface area contributed by atoms with Gasteiger partial charge in [-0.2, -0.15) is 0 Å².